The van der Waals surface area contributed by atoms with Crippen LogP contribution in [0.2, 0.25) is 0 Å². The van der Waals surface area contributed by atoms with Gasteiger partial charge in [0.25, 0.3) is 5.91 Å². The van der Waals surface area contributed by atoms with Crippen molar-refractivity contribution >= 4 is 29.2 Å². The Morgan fingerprint density at radius 1 is 1.07 bits per heavy atom. The number of nitrogens with one attached hydrogen (secondary N) is 1. The topological polar surface area (TPSA) is 80.9 Å². The van der Waals surface area contributed by atoms with Gasteiger partial charge in [-0.15, -0.1) is 11.8 Å². The molecule has 1 amide bonds. The van der Waals surface area contributed by atoms with Crippen LogP contribution in [0.1, 0.15) is 42.3 Å². The lowest BCUT2D eigenvalue weighted by Gasteiger charge is -2.19. The van der Waals surface area contributed by atoms with E-state index >= 15 is 0 Å². The Morgan fingerprint density at radius 3 is 2.50 bits per heavy atom. The third kappa shape index (κ3) is 5.10. The first-order valence-corrected chi connectivity index (χ1v) is 10.0. The van der Waals surface area contributed by atoms with Crippen LogP contribution in [0, 0.1) is 0 Å². The summed E-state index contributed by atoms with van der Waals surface area (Å²) in [5.41, 5.74) is 9.37. The number of carbonyl (C=O) groups excluding carboxylic acids is 1. The summed E-state index contributed by atoms with van der Waals surface area (Å²) in [6.07, 6.45) is 3.37. The lowest BCUT2D eigenvalue weighted by atomic mass is 9.87. The van der Waals surface area contributed by atoms with Crippen LogP contribution in [0.4, 0.5) is 11.5 Å². The van der Waals surface area contributed by atoms with Gasteiger partial charge in [0.05, 0.1) is 5.56 Å². The number of pyridine rings is 2. The van der Waals surface area contributed by atoms with E-state index in [0.717, 1.165) is 11.3 Å². The molecule has 0 fully saturated rings. The minimum atomic E-state index is -0.173. The second kappa shape index (κ2) is 8.44. The molecule has 1 aromatic carbocycles. The van der Waals surface area contributed by atoms with E-state index in [0.29, 0.717) is 22.2 Å². The highest BCUT2D eigenvalue weighted by atomic mass is 32.2. The summed E-state index contributed by atoms with van der Waals surface area (Å²) in [4.78, 5) is 21.2. The number of nitrogens with two attached hydrogens (primary N) is 1. The monoisotopic (exact) mass is 392 g/mol. The number of amides is 1. The SMILES string of the molecule is CC(C)(C)c1ccc(NC(=O)c2cccnc2SCc2ccnc(N)c2)cc1. The Labute approximate surface area is 169 Å². The highest BCUT2D eigenvalue weighted by Gasteiger charge is 2.15. The molecule has 0 aliphatic heterocycles. The van der Waals surface area contributed by atoms with E-state index in [1.807, 2.05) is 36.4 Å². The van der Waals surface area contributed by atoms with Gasteiger partial charge in [-0.2, -0.15) is 0 Å². The maximum atomic E-state index is 12.8. The molecule has 0 saturated carbocycles. The van der Waals surface area contributed by atoms with E-state index < -0.39 is 0 Å². The van der Waals surface area contributed by atoms with Crippen LogP contribution in [0.3, 0.4) is 0 Å². The summed E-state index contributed by atoms with van der Waals surface area (Å²) in [6.45, 7) is 6.49. The molecular formula is C22H24N4OS. The van der Waals surface area contributed by atoms with Gasteiger partial charge >= 0.3 is 0 Å². The first kappa shape index (κ1) is 19.9. The maximum absolute atomic E-state index is 12.8. The fourth-order valence-corrected chi connectivity index (χ4v) is 3.60. The molecule has 0 aliphatic carbocycles. The minimum absolute atomic E-state index is 0.0754. The Balaban J connectivity index is 1.72. The smallest absolute Gasteiger partial charge is 0.258 e. The Hall–Kier alpha value is -2.86. The summed E-state index contributed by atoms with van der Waals surface area (Å²) in [6, 6.07) is 15.2. The van der Waals surface area contributed by atoms with E-state index in [1.54, 1.807) is 24.5 Å². The van der Waals surface area contributed by atoms with Gasteiger partial charge in [0.2, 0.25) is 0 Å². The molecule has 0 unspecified atom stereocenters. The molecule has 28 heavy (non-hydrogen) atoms. The quantitative estimate of drug-likeness (QED) is 0.604. The van der Waals surface area contributed by atoms with Crippen LogP contribution in [-0.4, -0.2) is 15.9 Å². The average molecular weight is 393 g/mol. The molecule has 3 N–H and O–H groups in total. The summed E-state index contributed by atoms with van der Waals surface area (Å²) in [5.74, 6) is 0.966. The molecule has 2 aromatic heterocycles. The molecule has 144 valence electrons. The number of hydrogen-bond acceptors (Lipinski definition) is 5. The van der Waals surface area contributed by atoms with Crippen molar-refractivity contribution < 1.29 is 4.79 Å². The van der Waals surface area contributed by atoms with Gasteiger partial charge in [0, 0.05) is 23.8 Å². The van der Waals surface area contributed by atoms with E-state index in [2.05, 4.69) is 36.1 Å². The molecule has 5 nitrogen and oxygen atoms in total. The number of rotatable bonds is 5. The first-order chi connectivity index (χ1) is 13.3. The predicted octanol–water partition coefficient (Wildman–Crippen LogP) is 4.90. The number of nitrogens with zero attached hydrogens (tertiary/aromatic N) is 2. The predicted molar refractivity (Wildman–Crippen MR) is 116 cm³/mol. The molecule has 3 aromatic rings. The zero-order chi connectivity index (χ0) is 20.1. The van der Waals surface area contributed by atoms with Crippen LogP contribution >= 0.6 is 11.8 Å². The van der Waals surface area contributed by atoms with Gasteiger partial charge in [0.15, 0.2) is 0 Å². The number of anilines is 2. The van der Waals surface area contributed by atoms with Gasteiger partial charge in [0.1, 0.15) is 10.8 Å². The Morgan fingerprint density at radius 2 is 1.82 bits per heavy atom. The van der Waals surface area contributed by atoms with Crippen LogP contribution in [0.5, 0.6) is 0 Å². The van der Waals surface area contributed by atoms with Crippen molar-refractivity contribution in [3.63, 3.8) is 0 Å². The van der Waals surface area contributed by atoms with E-state index in [1.165, 1.54) is 17.3 Å². The highest BCUT2D eigenvalue weighted by molar-refractivity contribution is 7.98. The van der Waals surface area contributed by atoms with Crippen molar-refractivity contribution in [3.05, 3.63) is 77.6 Å². The third-order valence-corrected chi connectivity index (χ3v) is 5.32. The third-order valence-electron chi connectivity index (χ3n) is 4.25. The second-order valence-electron chi connectivity index (χ2n) is 7.52. The molecule has 0 bridgehead atoms. The molecule has 0 spiro atoms. The number of nitrogen functional groups attached to an aromatic ring is 1. The standard InChI is InChI=1S/C22H24N4OS/c1-22(2,3)16-6-8-17(9-7-16)26-20(27)18-5-4-11-25-21(18)28-14-15-10-12-24-19(23)13-15/h4-13H,14H2,1-3H3,(H2,23,24)(H,26,27). The zero-order valence-electron chi connectivity index (χ0n) is 16.3. The van der Waals surface area contributed by atoms with Crippen LogP contribution < -0.4 is 11.1 Å². The number of aromatic nitrogens is 2. The molecule has 2 heterocycles. The van der Waals surface area contributed by atoms with Gasteiger partial charge in [-0.05, 0) is 52.9 Å². The minimum Gasteiger partial charge on any atom is -0.384 e. The molecule has 0 aliphatic rings. The molecular weight excluding hydrogens is 368 g/mol. The first-order valence-electron chi connectivity index (χ1n) is 9.03. The highest BCUT2D eigenvalue weighted by Crippen LogP contribution is 2.26. The van der Waals surface area contributed by atoms with Crippen LogP contribution in [-0.2, 0) is 11.2 Å². The van der Waals surface area contributed by atoms with Crippen molar-refractivity contribution in [1.82, 2.24) is 9.97 Å². The Kier molecular flexibility index (Phi) is 5.99. The van der Waals surface area contributed by atoms with Gasteiger partial charge in [-0.1, -0.05) is 32.9 Å². The van der Waals surface area contributed by atoms with Crippen molar-refractivity contribution in [1.29, 1.82) is 0 Å². The number of benzene rings is 1. The summed E-state index contributed by atoms with van der Waals surface area (Å²) in [5, 5.41) is 3.64. The van der Waals surface area contributed by atoms with Crippen molar-refractivity contribution in [2.24, 2.45) is 0 Å². The van der Waals surface area contributed by atoms with Crippen LogP contribution in [0.15, 0.2) is 66.0 Å². The van der Waals surface area contributed by atoms with Crippen molar-refractivity contribution in [3.8, 4) is 0 Å². The number of hydrogen-bond donors (Lipinski definition) is 2. The lowest BCUT2D eigenvalue weighted by Crippen LogP contribution is -2.14. The van der Waals surface area contributed by atoms with Crippen molar-refractivity contribution in [2.75, 3.05) is 11.1 Å². The normalized spacial score (nSPS) is 11.2. The van der Waals surface area contributed by atoms with E-state index in [4.69, 9.17) is 5.73 Å². The van der Waals surface area contributed by atoms with Gasteiger partial charge in [-0.25, -0.2) is 9.97 Å². The van der Waals surface area contributed by atoms with Crippen molar-refractivity contribution in [2.45, 2.75) is 37.0 Å². The summed E-state index contributed by atoms with van der Waals surface area (Å²) in [7, 11) is 0. The molecule has 0 saturated heterocycles. The maximum Gasteiger partial charge on any atom is 0.258 e. The molecule has 6 heteroatoms. The number of carbonyl (C=O) groups is 1. The molecule has 0 atom stereocenters. The number of thioether (sulfide) groups is 1. The van der Waals surface area contributed by atoms with E-state index in [9.17, 15) is 4.79 Å². The molecule has 0 radical (unpaired) electrons. The Bertz CT molecular complexity index is 965. The summed E-state index contributed by atoms with van der Waals surface area (Å²) < 4.78 is 0. The second-order valence-corrected chi connectivity index (χ2v) is 8.48. The average Bonchev–Trinajstić information content (AvgIpc) is 2.66. The fraction of sp³-hybridized carbons (Fsp3) is 0.227. The lowest BCUT2D eigenvalue weighted by molar-refractivity contribution is 0.102. The molecule has 3 rings (SSSR count). The van der Waals surface area contributed by atoms with Gasteiger partial charge < -0.3 is 11.1 Å². The largest absolute Gasteiger partial charge is 0.384 e. The zero-order valence-corrected chi connectivity index (χ0v) is 17.1. The van der Waals surface area contributed by atoms with Gasteiger partial charge in [-0.3, -0.25) is 4.79 Å². The summed E-state index contributed by atoms with van der Waals surface area (Å²) >= 11 is 1.50. The van der Waals surface area contributed by atoms with E-state index in [-0.39, 0.29) is 11.3 Å². The fourth-order valence-electron chi connectivity index (χ4n) is 2.67. The van der Waals surface area contributed by atoms with Crippen LogP contribution in [0.25, 0.3) is 0 Å².